The molecule has 100 valence electrons. The summed E-state index contributed by atoms with van der Waals surface area (Å²) in [5, 5.41) is 9.73. The van der Waals surface area contributed by atoms with Crippen LogP contribution in [0.25, 0.3) is 11.2 Å². The molecule has 19 heavy (non-hydrogen) atoms. The van der Waals surface area contributed by atoms with Crippen LogP contribution in [-0.4, -0.2) is 31.2 Å². The molecule has 2 aromatic rings. The molecule has 0 radical (unpaired) electrons. The maximum absolute atomic E-state index is 8.82. The van der Waals surface area contributed by atoms with Crippen molar-refractivity contribution in [3.63, 3.8) is 0 Å². The summed E-state index contributed by atoms with van der Waals surface area (Å²) >= 11 is 1.67. The molecule has 0 aliphatic carbocycles. The summed E-state index contributed by atoms with van der Waals surface area (Å²) in [6, 6.07) is 2.11. The molecule has 2 aromatic heterocycles. The Hall–Kier alpha value is -1.65. The molecule has 1 atom stereocenters. The predicted octanol–water partition coefficient (Wildman–Crippen LogP) is 1.86. The molecule has 1 unspecified atom stereocenters. The van der Waals surface area contributed by atoms with Crippen LogP contribution < -0.4 is 5.73 Å². The van der Waals surface area contributed by atoms with Crippen molar-refractivity contribution in [2.24, 2.45) is 5.73 Å². The minimum absolute atomic E-state index is 0.691. The molecule has 0 fully saturated rings. The van der Waals surface area contributed by atoms with E-state index in [0.29, 0.717) is 12.1 Å². The second-order valence-electron chi connectivity index (χ2n) is 4.61. The Labute approximate surface area is 115 Å². The summed E-state index contributed by atoms with van der Waals surface area (Å²) in [6.45, 7) is 1.76. The zero-order chi connectivity index (χ0) is 13.7. The second-order valence-corrected chi connectivity index (χ2v) is 5.70. The van der Waals surface area contributed by atoms with Crippen molar-refractivity contribution in [3.05, 3.63) is 12.7 Å². The van der Waals surface area contributed by atoms with Crippen molar-refractivity contribution < 1.29 is 0 Å². The number of H-pyrrole nitrogens is 1. The van der Waals surface area contributed by atoms with Crippen LogP contribution in [0, 0.1) is 11.3 Å². The van der Waals surface area contributed by atoms with Gasteiger partial charge in [-0.25, -0.2) is 15.0 Å². The molecule has 7 heteroatoms. The number of fused-ring (bicyclic) bond motifs is 1. The zero-order valence-corrected chi connectivity index (χ0v) is 11.6. The number of nitrogens with two attached hydrogens (primary N) is 1. The molecule has 0 amide bonds. The van der Waals surface area contributed by atoms with E-state index < -0.39 is 5.54 Å². The minimum atomic E-state index is -0.712. The number of nitriles is 1. The summed E-state index contributed by atoms with van der Waals surface area (Å²) in [5.74, 6) is 0.937. The second kappa shape index (κ2) is 5.99. The van der Waals surface area contributed by atoms with E-state index in [1.165, 1.54) is 6.33 Å². The summed E-state index contributed by atoms with van der Waals surface area (Å²) in [7, 11) is 0. The average molecular weight is 276 g/mol. The van der Waals surface area contributed by atoms with Crippen molar-refractivity contribution in [2.45, 2.75) is 36.8 Å². The first kappa shape index (κ1) is 13.8. The first-order valence-corrected chi connectivity index (χ1v) is 7.08. The maximum atomic E-state index is 8.82. The van der Waals surface area contributed by atoms with Crippen LogP contribution >= 0.6 is 11.8 Å². The smallest absolute Gasteiger partial charge is 0.181 e. The van der Waals surface area contributed by atoms with E-state index >= 15 is 0 Å². The minimum Gasteiger partial charge on any atom is -0.341 e. The molecule has 0 aliphatic rings. The molecule has 0 saturated heterocycles. The number of aromatic amines is 1. The number of thioether (sulfide) groups is 1. The van der Waals surface area contributed by atoms with E-state index in [4.69, 9.17) is 11.0 Å². The van der Waals surface area contributed by atoms with E-state index in [1.807, 2.05) is 0 Å². The van der Waals surface area contributed by atoms with Gasteiger partial charge in [-0.2, -0.15) is 5.26 Å². The quantitative estimate of drug-likeness (QED) is 0.474. The van der Waals surface area contributed by atoms with Gasteiger partial charge < -0.3 is 10.7 Å². The molecule has 0 bridgehead atoms. The number of nitrogens with zero attached hydrogens (tertiary/aromatic N) is 4. The first-order valence-electron chi connectivity index (χ1n) is 6.09. The van der Waals surface area contributed by atoms with Gasteiger partial charge in [0.1, 0.15) is 22.4 Å². The lowest BCUT2D eigenvalue weighted by Gasteiger charge is -2.14. The van der Waals surface area contributed by atoms with Crippen molar-refractivity contribution in [1.29, 1.82) is 5.26 Å². The molecule has 2 rings (SSSR count). The summed E-state index contributed by atoms with van der Waals surface area (Å²) < 4.78 is 0. The Kier molecular flexibility index (Phi) is 4.35. The normalized spacial score (nSPS) is 14.2. The zero-order valence-electron chi connectivity index (χ0n) is 10.8. The van der Waals surface area contributed by atoms with Gasteiger partial charge in [-0.15, -0.1) is 11.8 Å². The third-order valence-electron chi connectivity index (χ3n) is 2.77. The van der Waals surface area contributed by atoms with Gasteiger partial charge >= 0.3 is 0 Å². The van der Waals surface area contributed by atoms with Crippen LogP contribution in [0.4, 0.5) is 0 Å². The molecular formula is C12H16N6S. The summed E-state index contributed by atoms with van der Waals surface area (Å²) in [4.78, 5) is 15.5. The predicted molar refractivity (Wildman–Crippen MR) is 74.5 cm³/mol. The fraction of sp³-hybridized carbons (Fsp3) is 0.500. The highest BCUT2D eigenvalue weighted by Gasteiger charge is 2.16. The van der Waals surface area contributed by atoms with Crippen LogP contribution in [0.15, 0.2) is 17.7 Å². The van der Waals surface area contributed by atoms with Gasteiger partial charge in [0.2, 0.25) is 0 Å². The van der Waals surface area contributed by atoms with Gasteiger partial charge in [-0.3, -0.25) is 0 Å². The van der Waals surface area contributed by atoms with Crippen LogP contribution in [0.1, 0.15) is 26.2 Å². The molecular weight excluding hydrogens is 260 g/mol. The number of rotatable bonds is 6. The number of aromatic nitrogens is 4. The topological polar surface area (TPSA) is 104 Å². The number of unbranched alkanes of at least 4 members (excludes halogenated alkanes) is 1. The molecule has 6 nitrogen and oxygen atoms in total. The van der Waals surface area contributed by atoms with Crippen LogP contribution in [0.5, 0.6) is 0 Å². The van der Waals surface area contributed by atoms with Gasteiger partial charge in [0.15, 0.2) is 5.65 Å². The molecule has 0 aliphatic heterocycles. The number of hydrogen-bond acceptors (Lipinski definition) is 6. The molecule has 2 heterocycles. The third-order valence-corrected chi connectivity index (χ3v) is 3.85. The lowest BCUT2D eigenvalue weighted by molar-refractivity contribution is 0.519. The SMILES string of the molecule is CC(N)(C#N)CCCCSc1ncnc2nc[nH]c12. The van der Waals surface area contributed by atoms with E-state index in [9.17, 15) is 0 Å². The number of imidazole rings is 1. The average Bonchev–Trinajstić information content (AvgIpc) is 2.87. The standard InChI is InChI=1S/C12H16N6S/c1-12(14,6-13)4-2-3-5-19-11-9-10(16-7-15-9)17-8-18-11/h7-8H,2-5,14H2,1H3,(H,15,16,17,18). The Morgan fingerprint density at radius 3 is 3.05 bits per heavy atom. The van der Waals surface area contributed by atoms with Gasteiger partial charge in [0, 0.05) is 0 Å². The van der Waals surface area contributed by atoms with Crippen molar-refractivity contribution in [1.82, 2.24) is 19.9 Å². The Balaban J connectivity index is 1.81. The Morgan fingerprint density at radius 2 is 2.26 bits per heavy atom. The molecule has 3 N–H and O–H groups in total. The van der Waals surface area contributed by atoms with Crippen molar-refractivity contribution in [2.75, 3.05) is 5.75 Å². The van der Waals surface area contributed by atoms with E-state index in [0.717, 1.165) is 29.1 Å². The largest absolute Gasteiger partial charge is 0.341 e. The fourth-order valence-electron chi connectivity index (χ4n) is 1.67. The monoisotopic (exact) mass is 276 g/mol. The Bertz CT molecular complexity index is 585. The number of hydrogen-bond donors (Lipinski definition) is 2. The van der Waals surface area contributed by atoms with Gasteiger partial charge in [0.05, 0.1) is 12.4 Å². The van der Waals surface area contributed by atoms with E-state index in [1.54, 1.807) is 25.0 Å². The van der Waals surface area contributed by atoms with Gasteiger partial charge in [-0.05, 0) is 31.9 Å². The van der Waals surface area contributed by atoms with Gasteiger partial charge in [0.25, 0.3) is 0 Å². The van der Waals surface area contributed by atoms with E-state index in [-0.39, 0.29) is 0 Å². The van der Waals surface area contributed by atoms with E-state index in [2.05, 4.69) is 26.0 Å². The Morgan fingerprint density at radius 1 is 1.42 bits per heavy atom. The molecule has 0 spiro atoms. The first-order chi connectivity index (χ1) is 9.12. The highest BCUT2D eigenvalue weighted by atomic mass is 32.2. The number of nitrogens with one attached hydrogen (secondary N) is 1. The fourth-order valence-corrected chi connectivity index (χ4v) is 2.63. The van der Waals surface area contributed by atoms with Crippen LogP contribution in [0.2, 0.25) is 0 Å². The molecule has 0 saturated carbocycles. The maximum Gasteiger partial charge on any atom is 0.181 e. The summed E-state index contributed by atoms with van der Waals surface area (Å²) in [5.41, 5.74) is 6.63. The van der Waals surface area contributed by atoms with Crippen LogP contribution in [-0.2, 0) is 0 Å². The summed E-state index contributed by atoms with van der Waals surface area (Å²) in [6.07, 6.45) is 5.80. The van der Waals surface area contributed by atoms with Crippen LogP contribution in [0.3, 0.4) is 0 Å². The lowest BCUT2D eigenvalue weighted by atomic mass is 9.99. The highest BCUT2D eigenvalue weighted by molar-refractivity contribution is 7.99. The van der Waals surface area contributed by atoms with Gasteiger partial charge in [-0.1, -0.05) is 0 Å². The van der Waals surface area contributed by atoms with Crippen molar-refractivity contribution in [3.8, 4) is 6.07 Å². The third kappa shape index (κ3) is 3.66. The van der Waals surface area contributed by atoms with Crippen molar-refractivity contribution >= 4 is 22.9 Å². The highest BCUT2D eigenvalue weighted by Crippen LogP contribution is 2.23. The lowest BCUT2D eigenvalue weighted by Crippen LogP contribution is -2.33. The molecule has 0 aromatic carbocycles.